The fourth-order valence-electron chi connectivity index (χ4n) is 2.16. The highest BCUT2D eigenvalue weighted by atomic mass is 19.1. The fraction of sp³-hybridized carbons (Fsp3) is 0.500. The van der Waals surface area contributed by atoms with Gasteiger partial charge in [-0.1, -0.05) is 0 Å². The number of methoxy groups -OCH3 is 1. The molecule has 0 radical (unpaired) electrons. The molecule has 1 aromatic heterocycles. The van der Waals surface area contributed by atoms with Crippen molar-refractivity contribution in [3.05, 3.63) is 29.8 Å². The van der Waals surface area contributed by atoms with Gasteiger partial charge in [0.1, 0.15) is 5.82 Å². The highest BCUT2D eigenvalue weighted by Crippen LogP contribution is 2.32. The molecule has 0 saturated heterocycles. The zero-order valence-electron chi connectivity index (χ0n) is 10.6. The largest absolute Gasteiger partial charge is 0.383 e. The fourth-order valence-corrected chi connectivity index (χ4v) is 2.16. The van der Waals surface area contributed by atoms with Crippen LogP contribution in [-0.4, -0.2) is 42.6 Å². The first-order chi connectivity index (χ1) is 8.58. The van der Waals surface area contributed by atoms with Crippen LogP contribution < -0.4 is 5.73 Å². The molecular weight excluding hydrogens is 235 g/mol. The van der Waals surface area contributed by atoms with Gasteiger partial charge in [-0.2, -0.15) is 0 Å². The van der Waals surface area contributed by atoms with Gasteiger partial charge in [-0.3, -0.25) is 9.98 Å². The molecule has 2 rings (SSSR count). The molecule has 1 aromatic rings. The van der Waals surface area contributed by atoms with E-state index in [0.717, 1.165) is 5.56 Å². The van der Waals surface area contributed by atoms with Crippen molar-refractivity contribution in [1.82, 2.24) is 9.88 Å². The summed E-state index contributed by atoms with van der Waals surface area (Å²) in [6, 6.07) is 1.47. The molecule has 0 saturated carbocycles. The van der Waals surface area contributed by atoms with Gasteiger partial charge in [0.15, 0.2) is 5.96 Å². The van der Waals surface area contributed by atoms with Crippen molar-refractivity contribution in [3.8, 4) is 0 Å². The lowest BCUT2D eigenvalue weighted by Crippen LogP contribution is -2.48. The summed E-state index contributed by atoms with van der Waals surface area (Å²) < 4.78 is 18.4. The molecule has 2 heterocycles. The number of aromatic nitrogens is 1. The van der Waals surface area contributed by atoms with E-state index in [4.69, 9.17) is 10.5 Å². The summed E-state index contributed by atoms with van der Waals surface area (Å²) in [6.45, 7) is 3.61. The molecule has 0 amide bonds. The molecule has 2 N–H and O–H groups in total. The van der Waals surface area contributed by atoms with Crippen molar-refractivity contribution in [3.63, 3.8) is 0 Å². The Balaban J connectivity index is 2.29. The summed E-state index contributed by atoms with van der Waals surface area (Å²) >= 11 is 0. The number of ether oxygens (including phenoxy) is 1. The Kier molecular flexibility index (Phi) is 3.47. The SMILES string of the molecule is COCCN1C(N)=NCC1(C)c1cncc(F)c1. The molecule has 6 heteroatoms. The maximum absolute atomic E-state index is 13.3. The molecule has 0 aliphatic carbocycles. The van der Waals surface area contributed by atoms with E-state index in [2.05, 4.69) is 9.98 Å². The molecule has 0 bridgehead atoms. The van der Waals surface area contributed by atoms with Gasteiger partial charge in [-0.25, -0.2) is 4.39 Å². The van der Waals surface area contributed by atoms with Crippen LogP contribution in [0.2, 0.25) is 0 Å². The number of nitrogens with zero attached hydrogens (tertiary/aromatic N) is 3. The van der Waals surface area contributed by atoms with Crippen LogP contribution in [0.5, 0.6) is 0 Å². The Morgan fingerprint density at radius 1 is 1.56 bits per heavy atom. The number of nitrogens with two attached hydrogens (primary N) is 1. The number of halogens is 1. The predicted octanol–water partition coefficient (Wildman–Crippen LogP) is 0.713. The van der Waals surface area contributed by atoms with E-state index in [9.17, 15) is 4.39 Å². The van der Waals surface area contributed by atoms with Crippen molar-refractivity contribution in [1.29, 1.82) is 0 Å². The molecule has 5 nitrogen and oxygen atoms in total. The van der Waals surface area contributed by atoms with Crippen LogP contribution in [0.25, 0.3) is 0 Å². The molecule has 98 valence electrons. The molecule has 18 heavy (non-hydrogen) atoms. The van der Waals surface area contributed by atoms with Crippen LogP contribution in [0.4, 0.5) is 4.39 Å². The Bertz CT molecular complexity index is 465. The van der Waals surface area contributed by atoms with Gasteiger partial charge < -0.3 is 15.4 Å². The first kappa shape index (κ1) is 12.8. The van der Waals surface area contributed by atoms with Crippen molar-refractivity contribution >= 4 is 5.96 Å². The van der Waals surface area contributed by atoms with Gasteiger partial charge in [0.25, 0.3) is 0 Å². The van der Waals surface area contributed by atoms with Gasteiger partial charge in [-0.15, -0.1) is 0 Å². The summed E-state index contributed by atoms with van der Waals surface area (Å²) in [4.78, 5) is 10.1. The molecule has 0 fully saturated rings. The summed E-state index contributed by atoms with van der Waals surface area (Å²) in [5, 5.41) is 0. The highest BCUT2D eigenvalue weighted by Gasteiger charge is 2.39. The second-order valence-corrected chi connectivity index (χ2v) is 4.48. The van der Waals surface area contributed by atoms with Crippen molar-refractivity contribution in [2.45, 2.75) is 12.5 Å². The second kappa shape index (κ2) is 4.89. The third kappa shape index (κ3) is 2.15. The van der Waals surface area contributed by atoms with E-state index in [1.165, 1.54) is 12.3 Å². The first-order valence-corrected chi connectivity index (χ1v) is 5.75. The van der Waals surface area contributed by atoms with E-state index < -0.39 is 5.54 Å². The van der Waals surface area contributed by atoms with Gasteiger partial charge in [-0.05, 0) is 13.0 Å². The van der Waals surface area contributed by atoms with Crippen molar-refractivity contribution < 1.29 is 9.13 Å². The summed E-state index contributed by atoms with van der Waals surface area (Å²) in [5.41, 5.74) is 6.18. The number of hydrogen-bond donors (Lipinski definition) is 1. The lowest BCUT2D eigenvalue weighted by atomic mass is 9.92. The zero-order valence-corrected chi connectivity index (χ0v) is 10.6. The minimum atomic E-state index is -0.461. The predicted molar refractivity (Wildman–Crippen MR) is 66.6 cm³/mol. The number of hydrogen-bond acceptors (Lipinski definition) is 5. The van der Waals surface area contributed by atoms with Gasteiger partial charge in [0, 0.05) is 25.4 Å². The van der Waals surface area contributed by atoms with Crippen LogP contribution in [0.1, 0.15) is 12.5 Å². The Hall–Kier alpha value is -1.69. The topological polar surface area (TPSA) is 63.7 Å². The van der Waals surface area contributed by atoms with E-state index in [1.54, 1.807) is 13.3 Å². The molecule has 1 aliphatic rings. The maximum atomic E-state index is 13.3. The van der Waals surface area contributed by atoms with Crippen LogP contribution in [0.15, 0.2) is 23.5 Å². The third-order valence-corrected chi connectivity index (χ3v) is 3.27. The maximum Gasteiger partial charge on any atom is 0.192 e. The average Bonchev–Trinajstić information content (AvgIpc) is 2.64. The first-order valence-electron chi connectivity index (χ1n) is 5.75. The Morgan fingerprint density at radius 3 is 3.00 bits per heavy atom. The van der Waals surface area contributed by atoms with E-state index in [1.807, 2.05) is 11.8 Å². The van der Waals surface area contributed by atoms with Crippen molar-refractivity contribution in [2.24, 2.45) is 10.7 Å². The molecule has 1 atom stereocenters. The number of aliphatic imine (C=N–C) groups is 1. The van der Waals surface area contributed by atoms with E-state index in [0.29, 0.717) is 25.7 Å². The van der Waals surface area contributed by atoms with Crippen LogP contribution in [-0.2, 0) is 10.3 Å². The van der Waals surface area contributed by atoms with Crippen molar-refractivity contribution in [2.75, 3.05) is 26.8 Å². The van der Waals surface area contributed by atoms with Crippen LogP contribution in [0, 0.1) is 5.82 Å². The molecule has 1 unspecified atom stereocenters. The zero-order chi connectivity index (χ0) is 13.2. The monoisotopic (exact) mass is 252 g/mol. The third-order valence-electron chi connectivity index (χ3n) is 3.27. The summed E-state index contributed by atoms with van der Waals surface area (Å²) in [5.74, 6) is 0.102. The average molecular weight is 252 g/mol. The minimum Gasteiger partial charge on any atom is -0.383 e. The molecule has 0 spiro atoms. The van der Waals surface area contributed by atoms with Gasteiger partial charge in [0.2, 0.25) is 0 Å². The normalized spacial score (nSPS) is 23.3. The Morgan fingerprint density at radius 2 is 2.33 bits per heavy atom. The van der Waals surface area contributed by atoms with Crippen LogP contribution in [0.3, 0.4) is 0 Å². The van der Waals surface area contributed by atoms with E-state index in [-0.39, 0.29) is 5.82 Å². The molecule has 0 aromatic carbocycles. The van der Waals surface area contributed by atoms with E-state index >= 15 is 0 Å². The minimum absolute atomic E-state index is 0.356. The van der Waals surface area contributed by atoms with Gasteiger partial charge >= 0.3 is 0 Å². The number of rotatable bonds is 4. The summed E-state index contributed by atoms with van der Waals surface area (Å²) in [6.07, 6.45) is 2.84. The smallest absolute Gasteiger partial charge is 0.192 e. The second-order valence-electron chi connectivity index (χ2n) is 4.48. The number of pyridine rings is 1. The lowest BCUT2D eigenvalue weighted by Gasteiger charge is -2.36. The molecule has 1 aliphatic heterocycles. The lowest BCUT2D eigenvalue weighted by molar-refractivity contribution is 0.136. The van der Waals surface area contributed by atoms with Crippen LogP contribution >= 0.6 is 0 Å². The Labute approximate surface area is 105 Å². The molecular formula is C12H17FN4O. The standard InChI is InChI=1S/C12H17FN4O/c1-12(9-5-10(13)7-15-6-9)8-16-11(14)17(12)3-4-18-2/h5-7H,3-4,8H2,1-2H3,(H2,14,16). The van der Waals surface area contributed by atoms with Gasteiger partial charge in [0.05, 0.1) is 24.9 Å². The quantitative estimate of drug-likeness (QED) is 0.857. The highest BCUT2D eigenvalue weighted by molar-refractivity contribution is 5.81. The number of guanidine groups is 1. The summed E-state index contributed by atoms with van der Waals surface area (Å²) in [7, 11) is 1.63.